The summed E-state index contributed by atoms with van der Waals surface area (Å²) in [6, 6.07) is 11.0. The van der Waals surface area contributed by atoms with Gasteiger partial charge in [-0.3, -0.25) is 4.79 Å². The van der Waals surface area contributed by atoms with Gasteiger partial charge < -0.3 is 10.1 Å². The zero-order chi connectivity index (χ0) is 17.4. The van der Waals surface area contributed by atoms with Gasteiger partial charge in [-0.05, 0) is 54.7 Å². The van der Waals surface area contributed by atoms with Crippen molar-refractivity contribution < 1.29 is 13.9 Å². The van der Waals surface area contributed by atoms with Crippen LogP contribution in [0.25, 0.3) is 10.1 Å². The Hall–Kier alpha value is -2.24. The van der Waals surface area contributed by atoms with E-state index in [9.17, 15) is 9.18 Å². The van der Waals surface area contributed by atoms with Crippen LogP contribution in [-0.4, -0.2) is 13.0 Å². The smallest absolute Gasteiger partial charge is 0.266 e. The molecule has 0 saturated heterocycles. The number of hydrogen-bond acceptors (Lipinski definition) is 3. The fraction of sp³-hybridized carbons (Fsp3) is 0.250. The van der Waals surface area contributed by atoms with Gasteiger partial charge >= 0.3 is 0 Å². The van der Waals surface area contributed by atoms with E-state index in [2.05, 4.69) is 11.4 Å². The Morgan fingerprint density at radius 1 is 1.24 bits per heavy atom. The number of thiophene rings is 1. The molecule has 0 spiro atoms. The molecule has 1 aliphatic carbocycles. The normalized spacial score (nSPS) is 13.2. The summed E-state index contributed by atoms with van der Waals surface area (Å²) in [5, 5.41) is 3.44. The SMILES string of the molecule is COCc1c(C(=O)Nc2ccc3c(c2)CCC3)sc2cccc(F)c12. The van der Waals surface area contributed by atoms with Crippen molar-refractivity contribution in [3.63, 3.8) is 0 Å². The van der Waals surface area contributed by atoms with Crippen molar-refractivity contribution in [2.24, 2.45) is 0 Å². The minimum Gasteiger partial charge on any atom is -0.380 e. The fourth-order valence-corrected chi connectivity index (χ4v) is 4.59. The lowest BCUT2D eigenvalue weighted by Crippen LogP contribution is -2.12. The predicted molar refractivity (Wildman–Crippen MR) is 98.9 cm³/mol. The lowest BCUT2D eigenvalue weighted by molar-refractivity contribution is 0.102. The highest BCUT2D eigenvalue weighted by Gasteiger charge is 2.21. The quantitative estimate of drug-likeness (QED) is 0.721. The van der Waals surface area contributed by atoms with E-state index in [-0.39, 0.29) is 18.3 Å². The van der Waals surface area contributed by atoms with Gasteiger partial charge in [0.15, 0.2) is 0 Å². The summed E-state index contributed by atoms with van der Waals surface area (Å²) in [5.74, 6) is -0.539. The van der Waals surface area contributed by atoms with Crippen LogP contribution >= 0.6 is 11.3 Å². The van der Waals surface area contributed by atoms with E-state index >= 15 is 0 Å². The van der Waals surface area contributed by atoms with E-state index in [1.807, 2.05) is 18.2 Å². The molecule has 3 aromatic rings. The molecule has 0 atom stereocenters. The maximum absolute atomic E-state index is 14.2. The first-order chi connectivity index (χ1) is 12.2. The number of amides is 1. The molecule has 0 bridgehead atoms. The summed E-state index contributed by atoms with van der Waals surface area (Å²) in [6.45, 7) is 0.202. The summed E-state index contributed by atoms with van der Waals surface area (Å²) >= 11 is 1.30. The van der Waals surface area contributed by atoms with Crippen molar-refractivity contribution in [2.75, 3.05) is 12.4 Å². The zero-order valence-corrected chi connectivity index (χ0v) is 14.7. The molecule has 0 radical (unpaired) electrons. The summed E-state index contributed by atoms with van der Waals surface area (Å²) in [4.78, 5) is 13.3. The number of halogens is 1. The third-order valence-corrected chi connectivity index (χ3v) is 5.81. The molecule has 5 heteroatoms. The molecule has 1 heterocycles. The lowest BCUT2D eigenvalue weighted by atomic mass is 10.1. The van der Waals surface area contributed by atoms with E-state index in [0.717, 1.165) is 23.2 Å². The van der Waals surface area contributed by atoms with Gasteiger partial charge in [-0.2, -0.15) is 0 Å². The number of fused-ring (bicyclic) bond motifs is 2. The van der Waals surface area contributed by atoms with Crippen LogP contribution in [0.5, 0.6) is 0 Å². The Morgan fingerprint density at radius 2 is 2.08 bits per heavy atom. The number of rotatable bonds is 4. The molecule has 1 aromatic heterocycles. The zero-order valence-electron chi connectivity index (χ0n) is 13.9. The topological polar surface area (TPSA) is 38.3 Å². The van der Waals surface area contributed by atoms with Crippen molar-refractivity contribution in [3.05, 3.63) is 63.8 Å². The maximum atomic E-state index is 14.2. The predicted octanol–water partition coefficient (Wildman–Crippen LogP) is 4.93. The summed E-state index contributed by atoms with van der Waals surface area (Å²) in [7, 11) is 1.55. The molecule has 0 saturated carbocycles. The van der Waals surface area contributed by atoms with Crippen LogP contribution in [0.4, 0.5) is 10.1 Å². The first-order valence-corrected chi connectivity index (χ1v) is 9.11. The first kappa shape index (κ1) is 16.2. The molecule has 4 rings (SSSR count). The lowest BCUT2D eigenvalue weighted by Gasteiger charge is -2.08. The molecule has 3 nitrogen and oxygen atoms in total. The molecule has 0 aliphatic heterocycles. The van der Waals surface area contributed by atoms with E-state index < -0.39 is 0 Å². The van der Waals surface area contributed by atoms with Crippen LogP contribution < -0.4 is 5.32 Å². The monoisotopic (exact) mass is 355 g/mol. The van der Waals surface area contributed by atoms with Crippen molar-refractivity contribution in [1.29, 1.82) is 0 Å². The van der Waals surface area contributed by atoms with E-state index in [1.54, 1.807) is 13.2 Å². The van der Waals surface area contributed by atoms with Crippen LogP contribution in [0.2, 0.25) is 0 Å². The third-order valence-electron chi connectivity index (χ3n) is 4.61. The number of nitrogens with one attached hydrogen (secondary N) is 1. The van der Waals surface area contributed by atoms with Crippen LogP contribution in [0, 0.1) is 5.82 Å². The van der Waals surface area contributed by atoms with Crippen molar-refractivity contribution >= 4 is 33.0 Å². The molecular formula is C20H18FNO2S. The second-order valence-corrected chi connectivity index (χ2v) is 7.30. The van der Waals surface area contributed by atoms with Gasteiger partial charge in [-0.25, -0.2) is 4.39 Å². The Bertz CT molecular complexity index is 964. The number of anilines is 1. The van der Waals surface area contributed by atoms with Gasteiger partial charge in [0.25, 0.3) is 5.91 Å². The minimum atomic E-state index is -0.322. The molecule has 1 amide bonds. The highest BCUT2D eigenvalue weighted by atomic mass is 32.1. The number of benzene rings is 2. The highest BCUT2D eigenvalue weighted by Crippen LogP contribution is 2.34. The number of carbonyl (C=O) groups excluding carboxylic acids is 1. The van der Waals surface area contributed by atoms with E-state index in [1.165, 1.54) is 35.0 Å². The third kappa shape index (κ3) is 2.94. The molecular weight excluding hydrogens is 337 g/mol. The Labute approximate surface area is 149 Å². The largest absolute Gasteiger partial charge is 0.380 e. The minimum absolute atomic E-state index is 0.202. The maximum Gasteiger partial charge on any atom is 0.266 e. The van der Waals surface area contributed by atoms with Crippen LogP contribution in [0.3, 0.4) is 0 Å². The van der Waals surface area contributed by atoms with E-state index in [0.29, 0.717) is 15.8 Å². The Morgan fingerprint density at radius 3 is 2.92 bits per heavy atom. The second kappa shape index (κ2) is 6.58. The second-order valence-electron chi connectivity index (χ2n) is 6.25. The molecule has 0 fully saturated rings. The highest BCUT2D eigenvalue weighted by molar-refractivity contribution is 7.21. The number of aryl methyl sites for hydroxylation is 2. The van der Waals surface area contributed by atoms with Gasteiger partial charge in [-0.15, -0.1) is 11.3 Å². The first-order valence-electron chi connectivity index (χ1n) is 8.29. The van der Waals surface area contributed by atoms with Crippen molar-refractivity contribution in [1.82, 2.24) is 0 Å². The van der Waals surface area contributed by atoms with Gasteiger partial charge in [0.05, 0.1) is 11.5 Å². The van der Waals surface area contributed by atoms with Crippen LogP contribution in [-0.2, 0) is 24.2 Å². The van der Waals surface area contributed by atoms with E-state index in [4.69, 9.17) is 4.74 Å². The summed E-state index contributed by atoms with van der Waals surface area (Å²) < 4.78 is 20.2. The van der Waals surface area contributed by atoms with Gasteiger partial charge in [0, 0.05) is 28.4 Å². The fourth-order valence-electron chi connectivity index (χ4n) is 3.47. The molecule has 128 valence electrons. The van der Waals surface area contributed by atoms with Crippen molar-refractivity contribution in [2.45, 2.75) is 25.9 Å². The average Bonchev–Trinajstić information content (AvgIpc) is 3.20. The number of carbonyl (C=O) groups is 1. The average molecular weight is 355 g/mol. The summed E-state index contributed by atoms with van der Waals surface area (Å²) in [6.07, 6.45) is 3.33. The molecule has 0 unspecified atom stereocenters. The van der Waals surface area contributed by atoms with Crippen LogP contribution in [0.15, 0.2) is 36.4 Å². The number of methoxy groups -OCH3 is 1. The molecule has 2 aromatic carbocycles. The van der Waals surface area contributed by atoms with Gasteiger partial charge in [-0.1, -0.05) is 12.1 Å². The summed E-state index contributed by atoms with van der Waals surface area (Å²) in [5.41, 5.74) is 4.06. The van der Waals surface area contributed by atoms with Crippen LogP contribution in [0.1, 0.15) is 32.8 Å². The standard InChI is InChI=1S/C20H18FNO2S/c1-24-11-15-18-16(21)6-3-7-17(18)25-19(15)20(23)22-14-9-8-12-4-2-5-13(12)10-14/h3,6-10H,2,4-5,11H2,1H3,(H,22,23). The van der Waals surface area contributed by atoms with Gasteiger partial charge in [0.1, 0.15) is 5.82 Å². The number of hydrogen-bond donors (Lipinski definition) is 1. The Kier molecular flexibility index (Phi) is 4.27. The number of ether oxygens (including phenoxy) is 1. The van der Waals surface area contributed by atoms with Crippen molar-refractivity contribution in [3.8, 4) is 0 Å². The molecule has 1 N–H and O–H groups in total. The molecule has 25 heavy (non-hydrogen) atoms. The Balaban J connectivity index is 1.70. The van der Waals surface area contributed by atoms with Gasteiger partial charge in [0.2, 0.25) is 0 Å². The molecule has 1 aliphatic rings.